The molecule has 0 bridgehead atoms. The SMILES string of the molecule is CN(CCO)Cc1ccc(Oc2ccccc2F)c(F)c1. The normalized spacial score (nSPS) is 10.9. The van der Waals surface area contributed by atoms with Gasteiger partial charge in [-0.15, -0.1) is 0 Å². The number of aliphatic hydroxyl groups is 1. The summed E-state index contributed by atoms with van der Waals surface area (Å²) in [6, 6.07) is 10.4. The van der Waals surface area contributed by atoms with Crippen LogP contribution in [0.2, 0.25) is 0 Å². The molecule has 0 unspecified atom stereocenters. The molecule has 0 spiro atoms. The lowest BCUT2D eigenvalue weighted by Crippen LogP contribution is -2.21. The van der Waals surface area contributed by atoms with Crippen LogP contribution in [0.1, 0.15) is 5.56 Å². The molecule has 0 heterocycles. The molecule has 1 N–H and O–H groups in total. The number of rotatable bonds is 6. The first-order chi connectivity index (χ1) is 10.1. The number of para-hydroxylation sites is 1. The highest BCUT2D eigenvalue weighted by Gasteiger charge is 2.10. The number of nitrogens with zero attached hydrogens (tertiary/aromatic N) is 1. The van der Waals surface area contributed by atoms with E-state index in [-0.39, 0.29) is 18.1 Å². The quantitative estimate of drug-likeness (QED) is 0.888. The summed E-state index contributed by atoms with van der Waals surface area (Å²) in [6.45, 7) is 1.07. The number of hydrogen-bond acceptors (Lipinski definition) is 3. The maximum Gasteiger partial charge on any atom is 0.166 e. The second-order valence-electron chi connectivity index (χ2n) is 4.76. The highest BCUT2D eigenvalue weighted by atomic mass is 19.1. The van der Waals surface area contributed by atoms with Crippen LogP contribution in [0.15, 0.2) is 42.5 Å². The van der Waals surface area contributed by atoms with E-state index in [9.17, 15) is 8.78 Å². The van der Waals surface area contributed by atoms with E-state index in [2.05, 4.69) is 0 Å². The van der Waals surface area contributed by atoms with Gasteiger partial charge >= 0.3 is 0 Å². The van der Waals surface area contributed by atoms with E-state index in [1.54, 1.807) is 18.2 Å². The van der Waals surface area contributed by atoms with Crippen molar-refractivity contribution in [3.05, 3.63) is 59.7 Å². The monoisotopic (exact) mass is 293 g/mol. The van der Waals surface area contributed by atoms with Crippen LogP contribution >= 0.6 is 0 Å². The van der Waals surface area contributed by atoms with E-state index in [0.717, 1.165) is 5.56 Å². The Kier molecular flexibility index (Phi) is 5.25. The minimum absolute atomic E-state index is 0.0125. The summed E-state index contributed by atoms with van der Waals surface area (Å²) in [4.78, 5) is 1.87. The molecule has 0 aliphatic heterocycles. The molecule has 2 aromatic carbocycles. The fraction of sp³-hybridized carbons (Fsp3) is 0.250. The number of hydrogen-bond donors (Lipinski definition) is 1. The molecule has 0 saturated carbocycles. The van der Waals surface area contributed by atoms with Crippen LogP contribution in [0.25, 0.3) is 0 Å². The largest absolute Gasteiger partial charge is 0.451 e. The third-order valence-corrected chi connectivity index (χ3v) is 2.99. The molecule has 0 aliphatic rings. The van der Waals surface area contributed by atoms with Crippen LogP contribution in [-0.2, 0) is 6.54 Å². The van der Waals surface area contributed by atoms with Gasteiger partial charge in [-0.05, 0) is 36.9 Å². The van der Waals surface area contributed by atoms with E-state index in [1.165, 1.54) is 24.3 Å². The summed E-state index contributed by atoms with van der Waals surface area (Å²) in [6.07, 6.45) is 0. The van der Waals surface area contributed by atoms with Gasteiger partial charge in [-0.2, -0.15) is 0 Å². The lowest BCUT2D eigenvalue weighted by molar-refractivity contribution is 0.217. The Bertz CT molecular complexity index is 605. The standard InChI is InChI=1S/C16H17F2NO2/c1-19(8-9-20)11-12-6-7-16(14(18)10-12)21-15-5-3-2-4-13(15)17/h2-7,10,20H,8-9,11H2,1H3. The van der Waals surface area contributed by atoms with E-state index < -0.39 is 11.6 Å². The Morgan fingerprint density at radius 2 is 1.76 bits per heavy atom. The molecule has 0 amide bonds. The van der Waals surface area contributed by atoms with Crippen molar-refractivity contribution in [1.82, 2.24) is 4.90 Å². The van der Waals surface area contributed by atoms with Gasteiger partial charge in [0.15, 0.2) is 23.1 Å². The minimum Gasteiger partial charge on any atom is -0.451 e. The summed E-state index contributed by atoms with van der Waals surface area (Å²) >= 11 is 0. The summed E-state index contributed by atoms with van der Waals surface area (Å²) < 4.78 is 32.7. The van der Waals surface area contributed by atoms with Crippen LogP contribution < -0.4 is 4.74 Å². The number of likely N-dealkylation sites (N-methyl/N-ethyl adjacent to an activating group) is 1. The maximum atomic E-state index is 14.0. The average molecular weight is 293 g/mol. The van der Waals surface area contributed by atoms with Crippen molar-refractivity contribution in [2.75, 3.05) is 20.2 Å². The van der Waals surface area contributed by atoms with Crippen LogP contribution in [0.4, 0.5) is 8.78 Å². The molecule has 0 fully saturated rings. The van der Waals surface area contributed by atoms with Gasteiger partial charge in [-0.3, -0.25) is 4.90 Å². The van der Waals surface area contributed by atoms with Crippen LogP contribution in [0.3, 0.4) is 0 Å². The number of ether oxygens (including phenoxy) is 1. The average Bonchev–Trinajstić information content (AvgIpc) is 2.44. The van der Waals surface area contributed by atoms with Crippen molar-refractivity contribution >= 4 is 0 Å². The first kappa shape index (κ1) is 15.4. The van der Waals surface area contributed by atoms with Gasteiger partial charge in [0.05, 0.1) is 6.61 Å². The zero-order chi connectivity index (χ0) is 15.2. The lowest BCUT2D eigenvalue weighted by Gasteiger charge is -2.15. The predicted molar refractivity (Wildman–Crippen MR) is 76.3 cm³/mol. The fourth-order valence-corrected chi connectivity index (χ4v) is 1.93. The molecule has 0 aromatic heterocycles. The Morgan fingerprint density at radius 3 is 2.43 bits per heavy atom. The molecule has 0 saturated heterocycles. The molecular formula is C16H17F2NO2. The summed E-state index contributed by atoms with van der Waals surface area (Å²) in [5.74, 6) is -1.12. The molecule has 3 nitrogen and oxygen atoms in total. The predicted octanol–water partition coefficient (Wildman–Crippen LogP) is 3.18. The van der Waals surface area contributed by atoms with Gasteiger partial charge in [-0.1, -0.05) is 18.2 Å². The van der Waals surface area contributed by atoms with Gasteiger partial charge in [0.25, 0.3) is 0 Å². The van der Waals surface area contributed by atoms with E-state index in [4.69, 9.17) is 9.84 Å². The third kappa shape index (κ3) is 4.24. The zero-order valence-electron chi connectivity index (χ0n) is 11.7. The molecule has 0 aliphatic carbocycles. The van der Waals surface area contributed by atoms with Crippen LogP contribution in [0.5, 0.6) is 11.5 Å². The van der Waals surface area contributed by atoms with Crippen LogP contribution in [-0.4, -0.2) is 30.2 Å². The molecule has 5 heteroatoms. The molecule has 2 aromatic rings. The molecule has 112 valence electrons. The van der Waals surface area contributed by atoms with E-state index in [0.29, 0.717) is 13.1 Å². The highest BCUT2D eigenvalue weighted by Crippen LogP contribution is 2.27. The van der Waals surface area contributed by atoms with Crippen LogP contribution in [0, 0.1) is 11.6 Å². The summed E-state index contributed by atoms with van der Waals surface area (Å²) in [5, 5.41) is 8.83. The zero-order valence-corrected chi connectivity index (χ0v) is 11.7. The summed E-state index contributed by atoms with van der Waals surface area (Å²) in [5.41, 5.74) is 0.754. The van der Waals surface area contributed by atoms with Gasteiger partial charge in [-0.25, -0.2) is 8.78 Å². The van der Waals surface area contributed by atoms with Crippen molar-refractivity contribution in [2.24, 2.45) is 0 Å². The Labute approximate surface area is 122 Å². The Hall–Kier alpha value is -1.98. The molecule has 21 heavy (non-hydrogen) atoms. The topological polar surface area (TPSA) is 32.7 Å². The number of halogens is 2. The van der Waals surface area contributed by atoms with Crippen molar-refractivity contribution in [3.8, 4) is 11.5 Å². The third-order valence-electron chi connectivity index (χ3n) is 2.99. The minimum atomic E-state index is -0.548. The Balaban J connectivity index is 2.11. The van der Waals surface area contributed by atoms with Gasteiger partial charge in [0.1, 0.15) is 0 Å². The maximum absolute atomic E-state index is 14.0. The first-order valence-corrected chi connectivity index (χ1v) is 6.60. The van der Waals surface area contributed by atoms with Crippen molar-refractivity contribution in [2.45, 2.75) is 6.54 Å². The van der Waals surface area contributed by atoms with Crippen molar-refractivity contribution in [1.29, 1.82) is 0 Å². The van der Waals surface area contributed by atoms with Gasteiger partial charge in [0, 0.05) is 13.1 Å². The molecular weight excluding hydrogens is 276 g/mol. The summed E-state index contributed by atoms with van der Waals surface area (Å²) in [7, 11) is 1.83. The van der Waals surface area contributed by atoms with Gasteiger partial charge < -0.3 is 9.84 Å². The van der Waals surface area contributed by atoms with Crippen molar-refractivity contribution in [3.63, 3.8) is 0 Å². The second kappa shape index (κ2) is 7.15. The van der Waals surface area contributed by atoms with E-state index in [1.807, 2.05) is 11.9 Å². The lowest BCUT2D eigenvalue weighted by atomic mass is 10.2. The smallest absolute Gasteiger partial charge is 0.166 e. The number of benzene rings is 2. The van der Waals surface area contributed by atoms with E-state index >= 15 is 0 Å². The molecule has 2 rings (SSSR count). The Morgan fingerprint density at radius 1 is 1.05 bits per heavy atom. The van der Waals surface area contributed by atoms with Crippen molar-refractivity contribution < 1.29 is 18.6 Å². The van der Waals surface area contributed by atoms with Gasteiger partial charge in [0.2, 0.25) is 0 Å². The first-order valence-electron chi connectivity index (χ1n) is 6.60. The molecule has 0 radical (unpaired) electrons. The second-order valence-corrected chi connectivity index (χ2v) is 4.76. The fourth-order valence-electron chi connectivity index (χ4n) is 1.93. The highest BCUT2D eigenvalue weighted by molar-refractivity contribution is 5.35. The number of aliphatic hydroxyl groups excluding tert-OH is 1. The molecule has 0 atom stereocenters.